The number of benzene rings is 1. The van der Waals surface area contributed by atoms with Crippen LogP contribution in [-0.4, -0.2) is 30.6 Å². The zero-order valence-electron chi connectivity index (χ0n) is 10.6. The van der Waals surface area contributed by atoms with Crippen molar-refractivity contribution in [3.63, 3.8) is 0 Å². The van der Waals surface area contributed by atoms with Gasteiger partial charge in [-0.2, -0.15) is 0 Å². The van der Waals surface area contributed by atoms with Crippen LogP contribution in [0.15, 0.2) is 30.3 Å². The van der Waals surface area contributed by atoms with E-state index in [0.717, 1.165) is 5.56 Å². The van der Waals surface area contributed by atoms with Crippen molar-refractivity contribution in [3.05, 3.63) is 35.9 Å². The van der Waals surface area contributed by atoms with E-state index in [-0.39, 0.29) is 19.0 Å². The molecule has 1 N–H and O–H groups in total. The van der Waals surface area contributed by atoms with Gasteiger partial charge in [-0.25, -0.2) is 4.79 Å². The van der Waals surface area contributed by atoms with Gasteiger partial charge in [0.2, 0.25) is 0 Å². The minimum Gasteiger partial charge on any atom is -0.459 e. The molecule has 19 heavy (non-hydrogen) atoms. The SMILES string of the molecule is CC(=O)OC(CCl)CNC(=O)OCc1ccccc1. The van der Waals surface area contributed by atoms with Gasteiger partial charge in [-0.15, -0.1) is 11.6 Å². The third-order valence-corrected chi connectivity index (χ3v) is 2.54. The molecule has 0 aromatic heterocycles. The molecule has 6 heteroatoms. The van der Waals surface area contributed by atoms with E-state index in [2.05, 4.69) is 5.32 Å². The summed E-state index contributed by atoms with van der Waals surface area (Å²) in [6, 6.07) is 9.32. The van der Waals surface area contributed by atoms with Crippen molar-refractivity contribution in [3.8, 4) is 0 Å². The Labute approximate surface area is 116 Å². The predicted molar refractivity (Wildman–Crippen MR) is 70.9 cm³/mol. The van der Waals surface area contributed by atoms with E-state index in [1.54, 1.807) is 0 Å². The molecule has 1 unspecified atom stereocenters. The molecule has 0 heterocycles. The molecular formula is C13H16ClNO4. The van der Waals surface area contributed by atoms with Gasteiger partial charge in [0.1, 0.15) is 12.7 Å². The van der Waals surface area contributed by atoms with Crippen LogP contribution in [0.25, 0.3) is 0 Å². The zero-order valence-corrected chi connectivity index (χ0v) is 11.4. The van der Waals surface area contributed by atoms with Gasteiger partial charge in [-0.05, 0) is 5.56 Å². The van der Waals surface area contributed by atoms with Gasteiger partial charge >= 0.3 is 12.1 Å². The number of nitrogens with one attached hydrogen (secondary N) is 1. The number of hydrogen-bond donors (Lipinski definition) is 1. The normalized spacial score (nSPS) is 11.5. The molecule has 0 aliphatic heterocycles. The molecule has 0 saturated heterocycles. The summed E-state index contributed by atoms with van der Waals surface area (Å²) in [5.41, 5.74) is 0.895. The van der Waals surface area contributed by atoms with Crippen molar-refractivity contribution in [1.82, 2.24) is 5.32 Å². The van der Waals surface area contributed by atoms with Crippen molar-refractivity contribution in [2.75, 3.05) is 12.4 Å². The summed E-state index contributed by atoms with van der Waals surface area (Å²) in [5, 5.41) is 2.49. The second-order valence-corrected chi connectivity index (χ2v) is 4.14. The van der Waals surface area contributed by atoms with Crippen molar-refractivity contribution in [2.24, 2.45) is 0 Å². The van der Waals surface area contributed by atoms with Crippen LogP contribution in [0.3, 0.4) is 0 Å². The molecule has 1 amide bonds. The predicted octanol–water partition coefficient (Wildman–Crippen LogP) is 2.08. The first kappa shape index (κ1) is 15.3. The highest BCUT2D eigenvalue weighted by Gasteiger charge is 2.12. The Hall–Kier alpha value is -1.75. The summed E-state index contributed by atoms with van der Waals surface area (Å²) < 4.78 is 9.87. The molecule has 5 nitrogen and oxygen atoms in total. The lowest BCUT2D eigenvalue weighted by atomic mass is 10.2. The van der Waals surface area contributed by atoms with Gasteiger partial charge in [-0.3, -0.25) is 4.79 Å². The van der Waals surface area contributed by atoms with Gasteiger partial charge in [0.25, 0.3) is 0 Å². The molecule has 1 rings (SSSR count). The molecule has 0 saturated carbocycles. The quantitative estimate of drug-likeness (QED) is 0.642. The summed E-state index contributed by atoms with van der Waals surface area (Å²) in [6.45, 7) is 1.59. The van der Waals surface area contributed by atoms with Crippen LogP contribution >= 0.6 is 11.6 Å². The lowest BCUT2D eigenvalue weighted by molar-refractivity contribution is -0.145. The second-order valence-electron chi connectivity index (χ2n) is 3.83. The summed E-state index contributed by atoms with van der Waals surface area (Å²) >= 11 is 5.60. The fourth-order valence-electron chi connectivity index (χ4n) is 1.33. The maximum absolute atomic E-state index is 11.4. The van der Waals surface area contributed by atoms with Gasteiger partial charge < -0.3 is 14.8 Å². The van der Waals surface area contributed by atoms with E-state index in [1.807, 2.05) is 30.3 Å². The summed E-state index contributed by atoms with van der Waals surface area (Å²) in [7, 11) is 0. The Bertz CT molecular complexity index is 410. The van der Waals surface area contributed by atoms with E-state index in [9.17, 15) is 9.59 Å². The Morgan fingerprint density at radius 1 is 1.32 bits per heavy atom. The topological polar surface area (TPSA) is 64.6 Å². The molecule has 1 aromatic carbocycles. The third-order valence-electron chi connectivity index (χ3n) is 2.19. The van der Waals surface area contributed by atoms with E-state index in [4.69, 9.17) is 21.1 Å². The molecule has 0 radical (unpaired) electrons. The monoisotopic (exact) mass is 285 g/mol. The fraction of sp³-hybridized carbons (Fsp3) is 0.385. The smallest absolute Gasteiger partial charge is 0.407 e. The van der Waals surface area contributed by atoms with Gasteiger partial charge in [0.05, 0.1) is 12.4 Å². The van der Waals surface area contributed by atoms with Crippen LogP contribution in [0.5, 0.6) is 0 Å². The van der Waals surface area contributed by atoms with E-state index in [1.165, 1.54) is 6.92 Å². The summed E-state index contributed by atoms with van der Waals surface area (Å²) in [5.74, 6) is -0.330. The van der Waals surface area contributed by atoms with E-state index in [0.29, 0.717) is 0 Å². The minimum absolute atomic E-state index is 0.110. The average Bonchev–Trinajstić information content (AvgIpc) is 2.42. The summed E-state index contributed by atoms with van der Waals surface area (Å²) in [6.07, 6.45) is -1.13. The van der Waals surface area contributed by atoms with Crippen LogP contribution < -0.4 is 5.32 Å². The second kappa shape index (κ2) is 8.37. The van der Waals surface area contributed by atoms with Crippen molar-refractivity contribution in [1.29, 1.82) is 0 Å². The van der Waals surface area contributed by atoms with Gasteiger partial charge in [-0.1, -0.05) is 30.3 Å². The Balaban J connectivity index is 2.25. The maximum atomic E-state index is 11.4. The zero-order chi connectivity index (χ0) is 14.1. The van der Waals surface area contributed by atoms with Crippen LogP contribution in [0, 0.1) is 0 Å². The highest BCUT2D eigenvalue weighted by Crippen LogP contribution is 2.01. The molecule has 0 fully saturated rings. The minimum atomic E-state index is -0.578. The molecule has 1 aromatic rings. The number of carbonyl (C=O) groups excluding carboxylic acids is 2. The molecule has 0 bridgehead atoms. The molecular weight excluding hydrogens is 270 g/mol. The maximum Gasteiger partial charge on any atom is 0.407 e. The average molecular weight is 286 g/mol. The number of alkyl halides is 1. The number of hydrogen-bond acceptors (Lipinski definition) is 4. The number of ether oxygens (including phenoxy) is 2. The number of esters is 1. The standard InChI is InChI=1S/C13H16ClNO4/c1-10(16)19-12(7-14)8-15-13(17)18-9-11-5-3-2-4-6-11/h2-6,12H,7-9H2,1H3,(H,15,17). The molecule has 0 aliphatic carbocycles. The number of rotatable bonds is 6. The van der Waals surface area contributed by atoms with E-state index >= 15 is 0 Å². The van der Waals surface area contributed by atoms with Crippen LogP contribution in [0.2, 0.25) is 0 Å². The van der Waals surface area contributed by atoms with Gasteiger partial charge in [0.15, 0.2) is 0 Å². The Kier molecular flexibility index (Phi) is 6.74. The van der Waals surface area contributed by atoms with Crippen LogP contribution in [-0.2, 0) is 20.9 Å². The number of carbonyl (C=O) groups is 2. The first-order chi connectivity index (χ1) is 9.11. The highest BCUT2D eigenvalue weighted by atomic mass is 35.5. The summed E-state index contributed by atoms with van der Waals surface area (Å²) in [4.78, 5) is 22.1. The third kappa shape index (κ3) is 6.67. The number of halogens is 1. The Morgan fingerprint density at radius 3 is 2.58 bits per heavy atom. The van der Waals surface area contributed by atoms with Crippen molar-refractivity contribution < 1.29 is 19.1 Å². The van der Waals surface area contributed by atoms with Crippen molar-refractivity contribution >= 4 is 23.7 Å². The molecule has 0 aliphatic rings. The van der Waals surface area contributed by atoms with Crippen molar-refractivity contribution in [2.45, 2.75) is 19.6 Å². The largest absolute Gasteiger partial charge is 0.459 e. The number of alkyl carbamates (subject to hydrolysis) is 1. The number of amides is 1. The van der Waals surface area contributed by atoms with E-state index < -0.39 is 18.2 Å². The molecule has 104 valence electrons. The first-order valence-corrected chi connectivity index (χ1v) is 6.33. The van der Waals surface area contributed by atoms with Gasteiger partial charge in [0, 0.05) is 6.92 Å². The lowest BCUT2D eigenvalue weighted by Crippen LogP contribution is -2.35. The molecule has 0 spiro atoms. The fourth-order valence-corrected chi connectivity index (χ4v) is 1.51. The lowest BCUT2D eigenvalue weighted by Gasteiger charge is -2.14. The van der Waals surface area contributed by atoms with Crippen LogP contribution in [0.1, 0.15) is 12.5 Å². The Morgan fingerprint density at radius 2 is 2.00 bits per heavy atom. The van der Waals surface area contributed by atoms with Crippen LogP contribution in [0.4, 0.5) is 4.79 Å². The first-order valence-electron chi connectivity index (χ1n) is 5.79. The molecule has 1 atom stereocenters. The highest BCUT2D eigenvalue weighted by molar-refractivity contribution is 6.18.